The summed E-state index contributed by atoms with van der Waals surface area (Å²) in [5, 5.41) is 13.4. The first-order chi connectivity index (χ1) is 16.3. The molecule has 2 unspecified atom stereocenters. The fourth-order valence-corrected chi connectivity index (χ4v) is 8.60. The van der Waals surface area contributed by atoms with Gasteiger partial charge in [0.1, 0.15) is 6.04 Å². The van der Waals surface area contributed by atoms with E-state index in [1.54, 1.807) is 23.6 Å². The van der Waals surface area contributed by atoms with Gasteiger partial charge in [-0.2, -0.15) is 0 Å². The van der Waals surface area contributed by atoms with E-state index in [2.05, 4.69) is 12.2 Å². The lowest BCUT2D eigenvalue weighted by Crippen LogP contribution is -2.57. The number of esters is 1. The van der Waals surface area contributed by atoms with E-state index in [1.165, 1.54) is 0 Å². The Hall–Kier alpha value is -2.06. The molecule has 1 aromatic carbocycles. The fourth-order valence-electron chi connectivity index (χ4n) is 6.27. The van der Waals surface area contributed by atoms with Crippen LogP contribution in [0.3, 0.4) is 0 Å². The number of nitrogens with zero attached hydrogens (tertiary/aromatic N) is 1. The molecule has 2 bridgehead atoms. The van der Waals surface area contributed by atoms with Crippen LogP contribution in [0.2, 0.25) is 0 Å². The highest BCUT2D eigenvalue weighted by Gasteiger charge is 2.77. The smallest absolute Gasteiger partial charge is 0.311 e. The van der Waals surface area contributed by atoms with Gasteiger partial charge >= 0.3 is 5.97 Å². The lowest BCUT2D eigenvalue weighted by Gasteiger charge is -2.37. The lowest BCUT2D eigenvalue weighted by atomic mass is 9.66. The molecule has 7 nitrogen and oxygen atoms in total. The molecule has 6 atom stereocenters. The Kier molecular flexibility index (Phi) is 7.29. The van der Waals surface area contributed by atoms with E-state index in [4.69, 9.17) is 4.74 Å². The number of thioether (sulfide) groups is 1. The zero-order valence-corrected chi connectivity index (χ0v) is 21.1. The van der Waals surface area contributed by atoms with Gasteiger partial charge in [0, 0.05) is 11.3 Å². The molecule has 2 N–H and O–H groups in total. The van der Waals surface area contributed by atoms with Crippen LogP contribution in [0.25, 0.3) is 0 Å². The number of benzene rings is 1. The number of carbonyl (C=O) groups excluding carboxylic acids is 3. The first kappa shape index (κ1) is 25.0. The zero-order valence-electron chi connectivity index (χ0n) is 20.3. The number of rotatable bonds is 10. The molecule has 3 saturated heterocycles. The second kappa shape index (κ2) is 9.90. The van der Waals surface area contributed by atoms with Gasteiger partial charge < -0.3 is 20.1 Å². The Bertz CT molecular complexity index is 927. The zero-order chi connectivity index (χ0) is 24.5. The quantitative estimate of drug-likeness (QED) is 0.388. The summed E-state index contributed by atoms with van der Waals surface area (Å²) in [4.78, 5) is 42.5. The minimum absolute atomic E-state index is 0.183. The van der Waals surface area contributed by atoms with Gasteiger partial charge in [0.05, 0.1) is 35.8 Å². The van der Waals surface area contributed by atoms with Crippen molar-refractivity contribution >= 4 is 29.5 Å². The van der Waals surface area contributed by atoms with Crippen molar-refractivity contribution in [3.05, 3.63) is 35.9 Å². The molecule has 0 radical (unpaired) electrons. The standard InChI is InChI=1S/C26H36N2O5S/c1-4-6-14-27-22(30)21-26-13-12-25(3,34-26)20(24(32)33-5-2)19(26)23(31)28(21)18(16-29)15-17-10-8-7-9-11-17/h7-11,18-21,29H,4-6,12-16H2,1-3H3,(H,27,30)/t18-,19+,20-,21?,25+,26?/m1/s1. The lowest BCUT2D eigenvalue weighted by molar-refractivity contribution is -0.155. The van der Waals surface area contributed by atoms with E-state index in [-0.39, 0.29) is 31.0 Å². The normalized spacial score (nSPS) is 32.5. The Balaban J connectivity index is 1.73. The first-order valence-electron chi connectivity index (χ1n) is 12.4. The highest BCUT2D eigenvalue weighted by atomic mass is 32.2. The molecule has 0 saturated carbocycles. The minimum atomic E-state index is -0.728. The van der Waals surface area contributed by atoms with Gasteiger partial charge in [-0.3, -0.25) is 14.4 Å². The molecule has 8 heteroatoms. The summed E-state index contributed by atoms with van der Waals surface area (Å²) in [5.41, 5.74) is 0.986. The van der Waals surface area contributed by atoms with Crippen molar-refractivity contribution in [1.82, 2.24) is 10.2 Å². The molecule has 1 aromatic rings. The number of aliphatic hydroxyl groups is 1. The van der Waals surface area contributed by atoms with Crippen molar-refractivity contribution in [2.45, 2.75) is 74.5 Å². The van der Waals surface area contributed by atoms with Gasteiger partial charge in [0.15, 0.2) is 0 Å². The Morgan fingerprint density at radius 3 is 2.65 bits per heavy atom. The van der Waals surface area contributed by atoms with Gasteiger partial charge in [-0.1, -0.05) is 43.7 Å². The van der Waals surface area contributed by atoms with Crippen LogP contribution in [0.4, 0.5) is 0 Å². The van der Waals surface area contributed by atoms with Crippen molar-refractivity contribution in [3.8, 4) is 0 Å². The molecule has 2 amide bonds. The summed E-state index contributed by atoms with van der Waals surface area (Å²) in [6.07, 6.45) is 3.68. The van der Waals surface area contributed by atoms with E-state index < -0.39 is 33.4 Å². The van der Waals surface area contributed by atoms with Gasteiger partial charge in [-0.15, -0.1) is 11.8 Å². The van der Waals surface area contributed by atoms with Crippen LogP contribution >= 0.6 is 11.8 Å². The summed E-state index contributed by atoms with van der Waals surface area (Å²) in [5.74, 6) is -1.96. The summed E-state index contributed by atoms with van der Waals surface area (Å²) in [6.45, 7) is 6.40. The van der Waals surface area contributed by atoms with E-state index in [1.807, 2.05) is 37.3 Å². The molecular weight excluding hydrogens is 452 g/mol. The number of unbranched alkanes of at least 4 members (excludes halogenated alkanes) is 1. The maximum Gasteiger partial charge on any atom is 0.311 e. The number of fused-ring (bicyclic) bond motifs is 1. The van der Waals surface area contributed by atoms with E-state index in [0.717, 1.165) is 24.8 Å². The molecule has 3 aliphatic rings. The van der Waals surface area contributed by atoms with Crippen LogP contribution in [0.15, 0.2) is 30.3 Å². The summed E-state index contributed by atoms with van der Waals surface area (Å²) in [6, 6.07) is 8.41. The molecule has 3 heterocycles. The summed E-state index contributed by atoms with van der Waals surface area (Å²) >= 11 is 1.63. The fraction of sp³-hybridized carbons (Fsp3) is 0.654. The molecule has 34 heavy (non-hydrogen) atoms. The second-order valence-corrected chi connectivity index (χ2v) is 11.8. The molecule has 3 aliphatic heterocycles. The van der Waals surface area contributed by atoms with Crippen LogP contribution in [-0.2, 0) is 25.5 Å². The number of ether oxygens (including phenoxy) is 1. The van der Waals surface area contributed by atoms with Crippen LogP contribution in [-0.4, -0.2) is 69.1 Å². The maximum absolute atomic E-state index is 14.1. The average molecular weight is 489 g/mol. The number of aliphatic hydroxyl groups excluding tert-OH is 1. The Morgan fingerprint density at radius 1 is 1.26 bits per heavy atom. The van der Waals surface area contributed by atoms with Crippen molar-refractivity contribution in [1.29, 1.82) is 0 Å². The maximum atomic E-state index is 14.1. The molecule has 1 spiro atoms. The number of likely N-dealkylation sites (tertiary alicyclic amines) is 1. The van der Waals surface area contributed by atoms with Gasteiger partial charge in [0.2, 0.25) is 11.8 Å². The van der Waals surface area contributed by atoms with Gasteiger partial charge in [0.25, 0.3) is 0 Å². The average Bonchev–Trinajstić information content (AvgIpc) is 3.39. The number of hydrogen-bond acceptors (Lipinski definition) is 6. The molecule has 186 valence electrons. The Morgan fingerprint density at radius 2 is 2.00 bits per heavy atom. The predicted molar refractivity (Wildman–Crippen MR) is 131 cm³/mol. The van der Waals surface area contributed by atoms with Crippen molar-refractivity contribution in [2.24, 2.45) is 11.8 Å². The number of hydrogen-bond donors (Lipinski definition) is 2. The molecule has 4 rings (SSSR count). The van der Waals surface area contributed by atoms with Gasteiger partial charge in [-0.05, 0) is 45.1 Å². The SMILES string of the molecule is CCCCNC(=O)C1N([C@@H](CO)Cc2ccccc2)C(=O)[C@@H]2[C@H](C(=O)OCC)[C@]3(C)CCC12S3. The largest absolute Gasteiger partial charge is 0.466 e. The van der Waals surface area contributed by atoms with Crippen LogP contribution in [0.1, 0.15) is 52.0 Å². The highest BCUT2D eigenvalue weighted by Crippen LogP contribution is 2.71. The summed E-state index contributed by atoms with van der Waals surface area (Å²) in [7, 11) is 0. The van der Waals surface area contributed by atoms with Crippen molar-refractivity contribution in [2.75, 3.05) is 19.8 Å². The van der Waals surface area contributed by atoms with Crippen molar-refractivity contribution in [3.63, 3.8) is 0 Å². The van der Waals surface area contributed by atoms with Crippen LogP contribution in [0, 0.1) is 11.8 Å². The topological polar surface area (TPSA) is 95.9 Å². The number of amides is 2. The van der Waals surface area contributed by atoms with Gasteiger partial charge in [-0.25, -0.2) is 0 Å². The number of nitrogens with one attached hydrogen (secondary N) is 1. The number of carbonyl (C=O) groups is 3. The van der Waals surface area contributed by atoms with Crippen LogP contribution < -0.4 is 5.32 Å². The third-order valence-electron chi connectivity index (χ3n) is 7.75. The third kappa shape index (κ3) is 4.02. The first-order valence-corrected chi connectivity index (χ1v) is 13.3. The Labute approximate surface area is 206 Å². The van der Waals surface area contributed by atoms with E-state index >= 15 is 0 Å². The van der Waals surface area contributed by atoms with Crippen LogP contribution in [0.5, 0.6) is 0 Å². The van der Waals surface area contributed by atoms with E-state index in [9.17, 15) is 19.5 Å². The molecule has 0 aromatic heterocycles. The predicted octanol–water partition coefficient (Wildman–Crippen LogP) is 2.55. The molecule has 3 fully saturated rings. The molecular formula is C26H36N2O5S. The van der Waals surface area contributed by atoms with E-state index in [0.29, 0.717) is 19.4 Å². The van der Waals surface area contributed by atoms with Crippen molar-refractivity contribution < 1.29 is 24.2 Å². The molecule has 0 aliphatic carbocycles. The minimum Gasteiger partial charge on any atom is -0.466 e. The highest BCUT2D eigenvalue weighted by molar-refractivity contribution is 8.02. The monoisotopic (exact) mass is 488 g/mol. The third-order valence-corrected chi connectivity index (χ3v) is 9.74. The summed E-state index contributed by atoms with van der Waals surface area (Å²) < 4.78 is 4.29. The second-order valence-electron chi connectivity index (χ2n) is 9.90.